The Labute approximate surface area is 205 Å². The highest BCUT2D eigenvalue weighted by atomic mass is 35.5. The molecule has 0 aromatic heterocycles. The highest BCUT2D eigenvalue weighted by Crippen LogP contribution is 2.29. The highest BCUT2D eigenvalue weighted by molar-refractivity contribution is 6.42. The van der Waals surface area contributed by atoms with Gasteiger partial charge in [0.05, 0.1) is 29.1 Å². The Bertz CT molecular complexity index is 1260. The minimum absolute atomic E-state index is 0.195. The summed E-state index contributed by atoms with van der Waals surface area (Å²) in [4.78, 5) is 36.6. The van der Waals surface area contributed by atoms with Crippen LogP contribution in [0.2, 0.25) is 10.0 Å². The smallest absolute Gasteiger partial charge is 0.343 e. The molecule has 3 aromatic carbocycles. The van der Waals surface area contributed by atoms with Crippen molar-refractivity contribution in [1.82, 2.24) is 5.43 Å². The first-order valence-corrected chi connectivity index (χ1v) is 10.6. The van der Waals surface area contributed by atoms with Crippen LogP contribution in [0.4, 0.5) is 5.69 Å². The number of amides is 2. The molecule has 0 fully saturated rings. The van der Waals surface area contributed by atoms with Gasteiger partial charge in [-0.3, -0.25) is 9.59 Å². The van der Waals surface area contributed by atoms with E-state index in [4.69, 9.17) is 32.7 Å². The van der Waals surface area contributed by atoms with Gasteiger partial charge in [-0.2, -0.15) is 5.10 Å². The second kappa shape index (κ2) is 11.3. The summed E-state index contributed by atoms with van der Waals surface area (Å²) in [5, 5.41) is 6.89. The van der Waals surface area contributed by atoms with E-state index in [0.29, 0.717) is 21.9 Å². The molecule has 3 rings (SSSR count). The highest BCUT2D eigenvalue weighted by Gasteiger charge is 2.16. The topological polar surface area (TPSA) is 106 Å². The lowest BCUT2D eigenvalue weighted by atomic mass is 10.1. The third kappa shape index (κ3) is 6.34. The van der Waals surface area contributed by atoms with E-state index in [-0.39, 0.29) is 22.2 Å². The summed E-state index contributed by atoms with van der Waals surface area (Å²) < 4.78 is 10.7. The lowest BCUT2D eigenvalue weighted by molar-refractivity contribution is -0.136. The Morgan fingerprint density at radius 3 is 2.29 bits per heavy atom. The number of hydrogen-bond donors (Lipinski definition) is 2. The molecular formula is C24H19Cl2N3O5. The normalized spacial score (nSPS) is 10.9. The molecule has 2 amide bonds. The fraction of sp³-hybridized carbons (Fsp3) is 0.0833. The second-order valence-corrected chi connectivity index (χ2v) is 7.68. The predicted octanol–water partition coefficient (Wildman–Crippen LogP) is 4.70. The number of halogens is 2. The number of nitrogens with zero attached hydrogens (tertiary/aromatic N) is 1. The van der Waals surface area contributed by atoms with Gasteiger partial charge in [-0.25, -0.2) is 10.2 Å². The molecule has 0 saturated heterocycles. The molecule has 0 bridgehead atoms. The van der Waals surface area contributed by atoms with Crippen LogP contribution >= 0.6 is 23.2 Å². The average molecular weight is 500 g/mol. The van der Waals surface area contributed by atoms with Crippen molar-refractivity contribution in [2.75, 3.05) is 12.4 Å². The third-order valence-corrected chi connectivity index (χ3v) is 5.07. The van der Waals surface area contributed by atoms with Gasteiger partial charge in [0.25, 0.3) is 0 Å². The summed E-state index contributed by atoms with van der Waals surface area (Å²) in [6.45, 7) is 1.62. The molecule has 34 heavy (non-hydrogen) atoms. The van der Waals surface area contributed by atoms with Crippen molar-refractivity contribution < 1.29 is 23.9 Å². The SMILES string of the molecule is COc1cc(/C(C)=N/NC(=O)C(=O)Nc2cc(Cl)ccc2Cl)ccc1OC(=O)c1ccccc1. The van der Waals surface area contributed by atoms with Crippen LogP contribution < -0.4 is 20.2 Å². The van der Waals surface area contributed by atoms with Crippen LogP contribution in [0.15, 0.2) is 71.8 Å². The van der Waals surface area contributed by atoms with E-state index in [1.165, 1.54) is 19.2 Å². The molecular weight excluding hydrogens is 481 g/mol. The minimum atomic E-state index is -1.00. The zero-order chi connectivity index (χ0) is 24.7. The first-order chi connectivity index (χ1) is 16.3. The molecule has 2 N–H and O–H groups in total. The number of benzene rings is 3. The number of ether oxygens (including phenoxy) is 2. The zero-order valence-corrected chi connectivity index (χ0v) is 19.6. The van der Waals surface area contributed by atoms with E-state index in [9.17, 15) is 14.4 Å². The number of carbonyl (C=O) groups is 3. The van der Waals surface area contributed by atoms with E-state index in [0.717, 1.165) is 0 Å². The molecule has 0 aliphatic carbocycles. The maximum Gasteiger partial charge on any atom is 0.343 e. The molecule has 0 radical (unpaired) electrons. The molecule has 10 heteroatoms. The molecule has 8 nitrogen and oxygen atoms in total. The number of hydrogen-bond acceptors (Lipinski definition) is 6. The summed E-state index contributed by atoms with van der Waals surface area (Å²) in [6.07, 6.45) is 0. The summed E-state index contributed by atoms with van der Waals surface area (Å²) in [6, 6.07) is 17.8. The van der Waals surface area contributed by atoms with E-state index in [1.807, 2.05) is 0 Å². The lowest BCUT2D eigenvalue weighted by Crippen LogP contribution is -2.33. The Hall–Kier alpha value is -3.88. The first kappa shape index (κ1) is 24.8. The fourth-order valence-corrected chi connectivity index (χ4v) is 3.07. The van der Waals surface area contributed by atoms with Crippen LogP contribution in [-0.2, 0) is 9.59 Å². The number of esters is 1. The Morgan fingerprint density at radius 2 is 1.59 bits per heavy atom. The van der Waals surface area contributed by atoms with Crippen molar-refractivity contribution in [2.45, 2.75) is 6.92 Å². The fourth-order valence-electron chi connectivity index (χ4n) is 2.73. The van der Waals surface area contributed by atoms with Gasteiger partial charge >= 0.3 is 17.8 Å². The van der Waals surface area contributed by atoms with Gasteiger partial charge in [0.1, 0.15) is 0 Å². The molecule has 0 aliphatic rings. The van der Waals surface area contributed by atoms with Crippen LogP contribution in [0, 0.1) is 0 Å². The van der Waals surface area contributed by atoms with Crippen LogP contribution in [0.25, 0.3) is 0 Å². The number of anilines is 1. The maximum atomic E-state index is 12.3. The Morgan fingerprint density at radius 1 is 0.853 bits per heavy atom. The molecule has 0 spiro atoms. The number of nitrogens with one attached hydrogen (secondary N) is 2. The average Bonchev–Trinajstić information content (AvgIpc) is 2.85. The van der Waals surface area contributed by atoms with Crippen molar-refractivity contribution >= 4 is 52.4 Å². The van der Waals surface area contributed by atoms with Crippen molar-refractivity contribution in [2.24, 2.45) is 5.10 Å². The largest absolute Gasteiger partial charge is 0.493 e. The van der Waals surface area contributed by atoms with Crippen molar-refractivity contribution in [1.29, 1.82) is 0 Å². The monoisotopic (exact) mass is 499 g/mol. The van der Waals surface area contributed by atoms with Crippen molar-refractivity contribution in [3.05, 3.63) is 87.9 Å². The molecule has 0 atom stereocenters. The minimum Gasteiger partial charge on any atom is -0.493 e. The Kier molecular flexibility index (Phi) is 8.24. The first-order valence-electron chi connectivity index (χ1n) is 9.84. The summed E-state index contributed by atoms with van der Waals surface area (Å²) in [5.41, 5.74) is 3.71. The van der Waals surface area contributed by atoms with Gasteiger partial charge in [-0.1, -0.05) is 41.4 Å². The molecule has 0 aliphatic heterocycles. The van der Waals surface area contributed by atoms with Gasteiger partial charge in [-0.05, 0) is 55.5 Å². The number of hydrazone groups is 1. The molecule has 0 unspecified atom stereocenters. The predicted molar refractivity (Wildman–Crippen MR) is 130 cm³/mol. The summed E-state index contributed by atoms with van der Waals surface area (Å²) >= 11 is 11.9. The van der Waals surface area contributed by atoms with Crippen LogP contribution in [0.1, 0.15) is 22.8 Å². The van der Waals surface area contributed by atoms with Crippen LogP contribution in [0.5, 0.6) is 11.5 Å². The molecule has 0 heterocycles. The van der Waals surface area contributed by atoms with Gasteiger partial charge < -0.3 is 14.8 Å². The maximum absolute atomic E-state index is 12.3. The van der Waals surface area contributed by atoms with Gasteiger partial charge in [0, 0.05) is 10.6 Å². The molecule has 0 saturated carbocycles. The van der Waals surface area contributed by atoms with Crippen LogP contribution in [-0.4, -0.2) is 30.6 Å². The molecule has 3 aromatic rings. The van der Waals surface area contributed by atoms with E-state index < -0.39 is 17.8 Å². The van der Waals surface area contributed by atoms with Gasteiger partial charge in [-0.15, -0.1) is 0 Å². The lowest BCUT2D eigenvalue weighted by Gasteiger charge is -2.11. The quantitative estimate of drug-likeness (QED) is 0.168. The molecule has 174 valence electrons. The van der Waals surface area contributed by atoms with Gasteiger partial charge in [0.2, 0.25) is 0 Å². The third-order valence-electron chi connectivity index (χ3n) is 4.50. The Balaban J connectivity index is 1.67. The van der Waals surface area contributed by atoms with E-state index >= 15 is 0 Å². The standard InChI is InChI=1S/C24H19Cl2N3O5/c1-14(28-29-23(31)22(30)27-19-13-17(25)9-10-18(19)26)16-8-11-20(21(12-16)33-2)34-24(32)15-6-4-3-5-7-15/h3-13H,1-2H3,(H,27,30)(H,29,31)/b28-14+. The van der Waals surface area contributed by atoms with Gasteiger partial charge in [0.15, 0.2) is 11.5 Å². The summed E-state index contributed by atoms with van der Waals surface area (Å²) in [5.74, 6) is -2.00. The van der Waals surface area contributed by atoms with E-state index in [1.54, 1.807) is 61.5 Å². The second-order valence-electron chi connectivity index (χ2n) is 6.84. The number of methoxy groups -OCH3 is 1. The number of carbonyl (C=O) groups excluding carboxylic acids is 3. The summed E-state index contributed by atoms with van der Waals surface area (Å²) in [7, 11) is 1.43. The van der Waals surface area contributed by atoms with Crippen molar-refractivity contribution in [3.8, 4) is 11.5 Å². The van der Waals surface area contributed by atoms with Crippen molar-refractivity contribution in [3.63, 3.8) is 0 Å². The van der Waals surface area contributed by atoms with Crippen LogP contribution in [0.3, 0.4) is 0 Å². The van der Waals surface area contributed by atoms with E-state index in [2.05, 4.69) is 15.8 Å². The number of rotatable bonds is 6. The zero-order valence-electron chi connectivity index (χ0n) is 18.1.